The lowest BCUT2D eigenvalue weighted by atomic mass is 9.95. The van der Waals surface area contributed by atoms with Crippen molar-refractivity contribution >= 4 is 11.4 Å². The average molecular weight is 433 g/mol. The van der Waals surface area contributed by atoms with Crippen LogP contribution in [0.25, 0.3) is 11.1 Å². The van der Waals surface area contributed by atoms with E-state index >= 15 is 0 Å². The molecule has 7 heteroatoms. The van der Waals surface area contributed by atoms with Crippen molar-refractivity contribution in [3.05, 3.63) is 83.0 Å². The molecule has 0 amide bonds. The predicted molar refractivity (Wildman–Crippen MR) is 127 cm³/mol. The molecule has 0 bridgehead atoms. The molecule has 2 aromatic carbocycles. The lowest BCUT2D eigenvalue weighted by molar-refractivity contribution is 0.330. The number of anilines is 1. The molecule has 32 heavy (non-hydrogen) atoms. The van der Waals surface area contributed by atoms with Crippen molar-refractivity contribution in [1.29, 1.82) is 5.41 Å². The summed E-state index contributed by atoms with van der Waals surface area (Å²) in [5, 5.41) is 12.0. The van der Waals surface area contributed by atoms with E-state index in [0.29, 0.717) is 30.2 Å². The summed E-state index contributed by atoms with van der Waals surface area (Å²) in [4.78, 5) is 10.1. The van der Waals surface area contributed by atoms with Crippen LogP contribution < -0.4 is 11.1 Å². The van der Waals surface area contributed by atoms with Crippen LogP contribution >= 0.6 is 0 Å². The van der Waals surface area contributed by atoms with Crippen molar-refractivity contribution in [2.24, 2.45) is 0 Å². The van der Waals surface area contributed by atoms with Gasteiger partial charge in [0.1, 0.15) is 11.5 Å². The molecule has 0 aliphatic carbocycles. The maximum absolute atomic E-state index is 13.8. The van der Waals surface area contributed by atoms with E-state index in [9.17, 15) is 4.39 Å². The summed E-state index contributed by atoms with van der Waals surface area (Å²) in [6, 6.07) is 10.3. The Morgan fingerprint density at radius 3 is 2.75 bits per heavy atom. The number of aromatic amines is 1. The molecule has 0 saturated carbocycles. The molecule has 1 aliphatic rings. The van der Waals surface area contributed by atoms with Crippen molar-refractivity contribution in [3.63, 3.8) is 0 Å². The quantitative estimate of drug-likeness (QED) is 0.310. The first-order valence-corrected chi connectivity index (χ1v) is 10.9. The number of halogens is 1. The zero-order valence-electron chi connectivity index (χ0n) is 18.6. The molecule has 0 fully saturated rings. The van der Waals surface area contributed by atoms with Crippen molar-refractivity contribution < 1.29 is 4.39 Å². The number of fused-ring (bicyclic) bond motifs is 1. The molecule has 3 aromatic rings. The van der Waals surface area contributed by atoms with Gasteiger partial charge in [-0.3, -0.25) is 5.41 Å². The van der Waals surface area contributed by atoms with E-state index in [2.05, 4.69) is 33.7 Å². The fourth-order valence-electron chi connectivity index (χ4n) is 4.04. The lowest BCUT2D eigenvalue weighted by Gasteiger charge is -2.21. The number of H-pyrrole nitrogens is 1. The summed E-state index contributed by atoms with van der Waals surface area (Å²) in [5.74, 6) is 1.11. The monoisotopic (exact) mass is 432 g/mol. The number of rotatable bonds is 8. The molecule has 5 N–H and O–H groups in total. The number of imidazole rings is 1. The highest BCUT2D eigenvalue weighted by Gasteiger charge is 2.25. The third-order valence-electron chi connectivity index (χ3n) is 5.84. The largest absolute Gasteiger partial charge is 0.398 e. The summed E-state index contributed by atoms with van der Waals surface area (Å²) in [6.07, 6.45) is 1.83. The van der Waals surface area contributed by atoms with Crippen molar-refractivity contribution in [3.8, 4) is 11.1 Å². The third kappa shape index (κ3) is 4.10. The Bertz CT molecular complexity index is 1160. The summed E-state index contributed by atoms with van der Waals surface area (Å²) in [5.41, 5.74) is 12.3. The molecule has 1 aromatic heterocycles. The molecule has 0 spiro atoms. The van der Waals surface area contributed by atoms with Gasteiger partial charge in [0.15, 0.2) is 5.82 Å². The van der Waals surface area contributed by atoms with Gasteiger partial charge in [0.05, 0.1) is 30.3 Å². The van der Waals surface area contributed by atoms with E-state index in [1.54, 1.807) is 12.1 Å². The number of hydrogen-bond donors (Lipinski definition) is 4. The standard InChI is InChI=1S/C25H29FN6/c1-4-10-29-15(3)32-13-22-23(14-32)31-25(30-22)24(28)19-9-7-17(11-21(19)27)20-12-18(26)8-6-16(20)5-2/h6-9,11-12,28-29H,3-5,10,13-14,27H2,1-2H3,(H,30,31). The number of nitrogens with zero attached hydrogens (tertiary/aromatic N) is 2. The number of aromatic nitrogens is 2. The minimum absolute atomic E-state index is 0.243. The first-order chi connectivity index (χ1) is 15.4. The van der Waals surface area contributed by atoms with Crippen LogP contribution in [0.15, 0.2) is 48.8 Å². The molecule has 166 valence electrons. The lowest BCUT2D eigenvalue weighted by Crippen LogP contribution is -2.27. The third-order valence-corrected chi connectivity index (χ3v) is 5.84. The number of hydrogen-bond acceptors (Lipinski definition) is 5. The number of benzene rings is 2. The summed E-state index contributed by atoms with van der Waals surface area (Å²) >= 11 is 0. The molecular weight excluding hydrogens is 403 g/mol. The smallest absolute Gasteiger partial charge is 0.156 e. The maximum Gasteiger partial charge on any atom is 0.156 e. The average Bonchev–Trinajstić information content (AvgIpc) is 3.36. The Hall–Kier alpha value is -3.61. The zero-order valence-corrected chi connectivity index (χ0v) is 18.6. The van der Waals surface area contributed by atoms with Gasteiger partial charge in [0, 0.05) is 17.8 Å². The number of nitrogen functional groups attached to an aromatic ring is 1. The zero-order chi connectivity index (χ0) is 22.8. The predicted octanol–water partition coefficient (Wildman–Crippen LogP) is 4.56. The second kappa shape index (κ2) is 8.86. The van der Waals surface area contributed by atoms with Gasteiger partial charge in [-0.05, 0) is 47.7 Å². The van der Waals surface area contributed by atoms with Gasteiger partial charge >= 0.3 is 0 Å². The molecule has 0 radical (unpaired) electrons. The van der Waals surface area contributed by atoms with Crippen molar-refractivity contribution in [2.45, 2.75) is 39.8 Å². The SMILES string of the molecule is C=C(NCCC)N1Cc2nc(C(=N)c3ccc(-c4cc(F)ccc4CC)cc3N)[nH]c2C1. The highest BCUT2D eigenvalue weighted by molar-refractivity contribution is 6.12. The molecule has 6 nitrogen and oxygen atoms in total. The van der Waals surface area contributed by atoms with Gasteiger partial charge in [-0.25, -0.2) is 9.37 Å². The van der Waals surface area contributed by atoms with Crippen molar-refractivity contribution in [2.75, 3.05) is 12.3 Å². The molecule has 0 atom stereocenters. The van der Waals surface area contributed by atoms with Crippen LogP contribution in [-0.2, 0) is 19.5 Å². The molecule has 0 saturated heterocycles. The summed E-state index contributed by atoms with van der Waals surface area (Å²) < 4.78 is 13.8. The second-order valence-corrected chi connectivity index (χ2v) is 8.07. The Morgan fingerprint density at radius 2 is 2.06 bits per heavy atom. The van der Waals surface area contributed by atoms with Gasteiger partial charge < -0.3 is 20.9 Å². The number of nitrogens with one attached hydrogen (secondary N) is 3. The van der Waals surface area contributed by atoms with E-state index in [1.807, 2.05) is 19.1 Å². The Labute approximate surface area is 187 Å². The van der Waals surface area contributed by atoms with Crippen LogP contribution in [0.4, 0.5) is 10.1 Å². The van der Waals surface area contributed by atoms with Crippen LogP contribution in [0, 0.1) is 11.2 Å². The van der Waals surface area contributed by atoms with Gasteiger partial charge in [-0.2, -0.15) is 0 Å². The minimum Gasteiger partial charge on any atom is -0.398 e. The number of nitrogens with two attached hydrogens (primary N) is 1. The number of aryl methyl sites for hydroxylation is 1. The Morgan fingerprint density at radius 1 is 1.25 bits per heavy atom. The van der Waals surface area contributed by atoms with Crippen molar-refractivity contribution in [1.82, 2.24) is 20.2 Å². The highest BCUT2D eigenvalue weighted by atomic mass is 19.1. The Balaban J connectivity index is 1.54. The van der Waals surface area contributed by atoms with E-state index in [4.69, 9.17) is 11.1 Å². The van der Waals surface area contributed by atoms with Gasteiger partial charge in [0.25, 0.3) is 0 Å². The summed E-state index contributed by atoms with van der Waals surface area (Å²) in [7, 11) is 0. The molecule has 0 unspecified atom stereocenters. The van der Waals surface area contributed by atoms with Crippen LogP contribution in [0.5, 0.6) is 0 Å². The maximum atomic E-state index is 13.8. The normalized spacial score (nSPS) is 12.7. The molecule has 1 aliphatic heterocycles. The first-order valence-electron chi connectivity index (χ1n) is 10.9. The van der Waals surface area contributed by atoms with Gasteiger partial charge in [-0.15, -0.1) is 0 Å². The molecule has 4 rings (SSSR count). The van der Waals surface area contributed by atoms with E-state index < -0.39 is 0 Å². The Kier molecular flexibility index (Phi) is 5.99. The van der Waals surface area contributed by atoms with Crippen LogP contribution in [0.1, 0.15) is 48.6 Å². The van der Waals surface area contributed by atoms with E-state index in [-0.39, 0.29) is 11.5 Å². The minimum atomic E-state index is -0.278. The van der Waals surface area contributed by atoms with Crippen LogP contribution in [0.2, 0.25) is 0 Å². The fraction of sp³-hybridized carbons (Fsp3) is 0.280. The van der Waals surface area contributed by atoms with Gasteiger partial charge in [0.2, 0.25) is 0 Å². The first kappa shape index (κ1) is 21.6. The van der Waals surface area contributed by atoms with E-state index in [1.165, 1.54) is 12.1 Å². The molecule has 2 heterocycles. The topological polar surface area (TPSA) is 93.8 Å². The van der Waals surface area contributed by atoms with Gasteiger partial charge in [-0.1, -0.05) is 38.6 Å². The van der Waals surface area contributed by atoms with E-state index in [0.717, 1.165) is 53.3 Å². The summed E-state index contributed by atoms with van der Waals surface area (Å²) in [6.45, 7) is 10.5. The van der Waals surface area contributed by atoms with Crippen LogP contribution in [0.3, 0.4) is 0 Å². The fourth-order valence-corrected chi connectivity index (χ4v) is 4.04. The second-order valence-electron chi connectivity index (χ2n) is 8.07. The molecular formula is C25H29FN6. The highest BCUT2D eigenvalue weighted by Crippen LogP contribution is 2.30. The van der Waals surface area contributed by atoms with Crippen LogP contribution in [-0.4, -0.2) is 27.1 Å².